The van der Waals surface area contributed by atoms with Gasteiger partial charge in [-0.05, 0) is 62.2 Å². The Morgan fingerprint density at radius 3 is 2.38 bits per heavy atom. The van der Waals surface area contributed by atoms with Gasteiger partial charge < -0.3 is 20.1 Å². The molecule has 3 aromatic carbocycles. The van der Waals surface area contributed by atoms with Crippen LogP contribution in [0.1, 0.15) is 36.6 Å². The van der Waals surface area contributed by atoms with Gasteiger partial charge in [0.1, 0.15) is 11.6 Å². The third-order valence-corrected chi connectivity index (χ3v) is 6.06. The molecule has 0 radical (unpaired) electrons. The second kappa shape index (κ2) is 13.3. The van der Waals surface area contributed by atoms with Crippen LogP contribution in [0.3, 0.4) is 0 Å². The molecule has 0 saturated heterocycles. The first kappa shape index (κ1) is 27.5. The van der Waals surface area contributed by atoms with Gasteiger partial charge in [0.2, 0.25) is 0 Å². The number of nitrogens with one attached hydrogen (secondary N) is 2. The SMILES string of the molecule is CCOc1cc(/C=C(/C#N)C(=O)N[C@H](C)c2ccccc2)c(Br)cc1OCC(=O)Nc1ccc(C)cc1. The predicted molar refractivity (Wildman–Crippen MR) is 147 cm³/mol. The molecule has 0 unspecified atom stereocenters. The van der Waals surface area contributed by atoms with E-state index >= 15 is 0 Å². The molecule has 0 spiro atoms. The summed E-state index contributed by atoms with van der Waals surface area (Å²) in [5, 5.41) is 15.3. The van der Waals surface area contributed by atoms with Crippen LogP contribution in [-0.4, -0.2) is 25.0 Å². The van der Waals surface area contributed by atoms with Gasteiger partial charge in [0.15, 0.2) is 18.1 Å². The highest BCUT2D eigenvalue weighted by Crippen LogP contribution is 2.35. The molecule has 0 aliphatic heterocycles. The number of amides is 2. The normalized spacial score (nSPS) is 11.7. The molecule has 7 nitrogen and oxygen atoms in total. The van der Waals surface area contributed by atoms with E-state index in [1.165, 1.54) is 6.08 Å². The third-order valence-electron chi connectivity index (χ3n) is 5.37. The van der Waals surface area contributed by atoms with E-state index in [1.54, 1.807) is 12.1 Å². The van der Waals surface area contributed by atoms with E-state index in [4.69, 9.17) is 9.47 Å². The number of hydrogen-bond acceptors (Lipinski definition) is 5. The van der Waals surface area contributed by atoms with Gasteiger partial charge in [-0.3, -0.25) is 9.59 Å². The lowest BCUT2D eigenvalue weighted by molar-refractivity contribution is -0.118. The van der Waals surface area contributed by atoms with Crippen molar-refractivity contribution in [2.75, 3.05) is 18.5 Å². The van der Waals surface area contributed by atoms with Gasteiger partial charge in [0.05, 0.1) is 12.6 Å². The summed E-state index contributed by atoms with van der Waals surface area (Å²) < 4.78 is 12.0. The Morgan fingerprint density at radius 1 is 1.05 bits per heavy atom. The van der Waals surface area contributed by atoms with Gasteiger partial charge in [-0.15, -0.1) is 0 Å². The van der Waals surface area contributed by atoms with Crippen LogP contribution in [0.2, 0.25) is 0 Å². The summed E-state index contributed by atoms with van der Waals surface area (Å²) in [6, 6.07) is 22.0. The molecule has 0 heterocycles. The number of nitriles is 1. The molecule has 3 aromatic rings. The van der Waals surface area contributed by atoms with Gasteiger partial charge >= 0.3 is 0 Å². The maximum absolute atomic E-state index is 12.8. The lowest BCUT2D eigenvalue weighted by Crippen LogP contribution is -2.27. The van der Waals surface area contributed by atoms with Crippen LogP contribution < -0.4 is 20.1 Å². The van der Waals surface area contributed by atoms with Crippen LogP contribution in [-0.2, 0) is 9.59 Å². The maximum Gasteiger partial charge on any atom is 0.262 e. The van der Waals surface area contributed by atoms with E-state index in [0.29, 0.717) is 33.8 Å². The van der Waals surface area contributed by atoms with E-state index in [1.807, 2.05) is 81.4 Å². The Bertz CT molecular complexity index is 1320. The average Bonchev–Trinajstić information content (AvgIpc) is 2.89. The van der Waals surface area contributed by atoms with Crippen molar-refractivity contribution < 1.29 is 19.1 Å². The summed E-state index contributed by atoms with van der Waals surface area (Å²) in [7, 11) is 0. The Kier molecular flexibility index (Phi) is 9.87. The molecule has 37 heavy (non-hydrogen) atoms. The minimum absolute atomic E-state index is 0.0583. The van der Waals surface area contributed by atoms with Crippen LogP contribution >= 0.6 is 15.9 Å². The van der Waals surface area contributed by atoms with E-state index in [9.17, 15) is 14.9 Å². The number of anilines is 1. The molecule has 3 rings (SSSR count). The standard InChI is InChI=1S/C29H28BrN3O4/c1-4-36-26-15-22(14-23(17-31)29(35)32-20(3)21-8-6-5-7-9-21)25(30)16-27(26)37-18-28(34)33-24-12-10-19(2)11-13-24/h5-16,20H,4,18H2,1-3H3,(H,32,35)(H,33,34)/b23-14-/t20-/m1/s1. The molecule has 2 amide bonds. The van der Waals surface area contributed by atoms with Crippen LogP contribution in [0.4, 0.5) is 5.69 Å². The average molecular weight is 562 g/mol. The Morgan fingerprint density at radius 2 is 1.73 bits per heavy atom. The smallest absolute Gasteiger partial charge is 0.262 e. The minimum Gasteiger partial charge on any atom is -0.490 e. The van der Waals surface area contributed by atoms with Crippen molar-refractivity contribution in [3.63, 3.8) is 0 Å². The van der Waals surface area contributed by atoms with Crippen LogP contribution in [0.15, 0.2) is 76.8 Å². The van der Waals surface area contributed by atoms with Crippen LogP contribution in [0.5, 0.6) is 11.5 Å². The first-order valence-corrected chi connectivity index (χ1v) is 12.5. The van der Waals surface area contributed by atoms with E-state index < -0.39 is 5.91 Å². The van der Waals surface area contributed by atoms with Crippen LogP contribution in [0, 0.1) is 18.3 Å². The fourth-order valence-corrected chi connectivity index (χ4v) is 3.86. The largest absolute Gasteiger partial charge is 0.490 e. The number of ether oxygens (including phenoxy) is 2. The van der Waals surface area contributed by atoms with Crippen molar-refractivity contribution in [2.45, 2.75) is 26.8 Å². The van der Waals surface area contributed by atoms with Gasteiger partial charge in [-0.25, -0.2) is 0 Å². The Balaban J connectivity index is 1.74. The molecule has 2 N–H and O–H groups in total. The fraction of sp³-hybridized carbons (Fsp3) is 0.207. The highest BCUT2D eigenvalue weighted by atomic mass is 79.9. The molecular formula is C29H28BrN3O4. The highest BCUT2D eigenvalue weighted by molar-refractivity contribution is 9.10. The van der Waals surface area contributed by atoms with Crippen molar-refractivity contribution in [2.24, 2.45) is 0 Å². The highest BCUT2D eigenvalue weighted by Gasteiger charge is 2.17. The van der Waals surface area contributed by atoms with Crippen LogP contribution in [0.25, 0.3) is 6.08 Å². The van der Waals surface area contributed by atoms with Gasteiger partial charge in [0.25, 0.3) is 11.8 Å². The first-order chi connectivity index (χ1) is 17.8. The van der Waals surface area contributed by atoms with E-state index in [2.05, 4.69) is 26.6 Å². The second-order valence-corrected chi connectivity index (χ2v) is 9.09. The van der Waals surface area contributed by atoms with Crippen molar-refractivity contribution >= 4 is 39.5 Å². The number of aryl methyl sites for hydroxylation is 1. The topological polar surface area (TPSA) is 100 Å². The van der Waals surface area contributed by atoms with Gasteiger partial charge in [0, 0.05) is 10.2 Å². The molecule has 0 fully saturated rings. The number of halogens is 1. The zero-order valence-electron chi connectivity index (χ0n) is 20.9. The summed E-state index contributed by atoms with van der Waals surface area (Å²) >= 11 is 3.47. The van der Waals surface area contributed by atoms with Gasteiger partial charge in [-0.2, -0.15) is 5.26 Å². The van der Waals surface area contributed by atoms with Crippen molar-refractivity contribution in [3.8, 4) is 17.6 Å². The molecule has 190 valence electrons. The number of carbonyl (C=O) groups excluding carboxylic acids is 2. The fourth-order valence-electron chi connectivity index (χ4n) is 3.42. The number of hydrogen-bond donors (Lipinski definition) is 2. The molecule has 0 bridgehead atoms. The summed E-state index contributed by atoms with van der Waals surface area (Å²) in [6.45, 7) is 5.78. The maximum atomic E-state index is 12.8. The zero-order chi connectivity index (χ0) is 26.8. The predicted octanol–water partition coefficient (Wildman–Crippen LogP) is 5.96. The van der Waals surface area contributed by atoms with Crippen molar-refractivity contribution in [1.29, 1.82) is 5.26 Å². The van der Waals surface area contributed by atoms with Gasteiger partial charge in [-0.1, -0.05) is 64.0 Å². The monoisotopic (exact) mass is 561 g/mol. The van der Waals surface area contributed by atoms with E-state index in [0.717, 1.165) is 11.1 Å². The number of nitrogens with zero attached hydrogens (tertiary/aromatic N) is 1. The summed E-state index contributed by atoms with van der Waals surface area (Å²) in [6.07, 6.45) is 1.48. The number of rotatable bonds is 10. The number of carbonyl (C=O) groups is 2. The summed E-state index contributed by atoms with van der Waals surface area (Å²) in [5.41, 5.74) is 3.20. The summed E-state index contributed by atoms with van der Waals surface area (Å²) in [5.74, 6) is -0.0692. The molecule has 0 aromatic heterocycles. The van der Waals surface area contributed by atoms with E-state index in [-0.39, 0.29) is 24.1 Å². The number of benzene rings is 3. The second-order valence-electron chi connectivity index (χ2n) is 8.23. The summed E-state index contributed by atoms with van der Waals surface area (Å²) in [4.78, 5) is 25.1. The minimum atomic E-state index is -0.489. The molecule has 0 saturated carbocycles. The quantitative estimate of drug-likeness (QED) is 0.235. The lowest BCUT2D eigenvalue weighted by Gasteiger charge is -2.15. The lowest BCUT2D eigenvalue weighted by atomic mass is 10.1. The third kappa shape index (κ3) is 7.95. The van der Waals surface area contributed by atoms with Crippen molar-refractivity contribution in [3.05, 3.63) is 93.5 Å². The Labute approximate surface area is 225 Å². The molecule has 0 aliphatic rings. The zero-order valence-corrected chi connectivity index (χ0v) is 22.5. The van der Waals surface area contributed by atoms with Crippen molar-refractivity contribution in [1.82, 2.24) is 5.32 Å². The molecule has 1 atom stereocenters. The molecule has 8 heteroatoms. The Hall–Kier alpha value is -4.09. The molecular weight excluding hydrogens is 534 g/mol. The first-order valence-electron chi connectivity index (χ1n) is 11.7. The molecule has 0 aliphatic carbocycles.